The predicted octanol–water partition coefficient (Wildman–Crippen LogP) is 0.854. The molecule has 0 heterocycles. The number of aliphatic hydroxyl groups excluding tert-OH is 1. The van der Waals surface area contributed by atoms with Crippen molar-refractivity contribution in [3.63, 3.8) is 0 Å². The van der Waals surface area contributed by atoms with Crippen molar-refractivity contribution >= 4 is 11.8 Å². The van der Waals surface area contributed by atoms with Gasteiger partial charge in [-0.1, -0.05) is 6.92 Å². The Kier molecular flexibility index (Phi) is 8.97. The van der Waals surface area contributed by atoms with Crippen molar-refractivity contribution in [2.75, 3.05) is 24.7 Å². The van der Waals surface area contributed by atoms with Crippen molar-refractivity contribution in [1.82, 2.24) is 0 Å². The molecule has 0 aromatic heterocycles. The smallest absolute Gasteiger partial charge is 0.0863 e. The molecule has 2 atom stereocenters. The Morgan fingerprint density at radius 2 is 2.08 bits per heavy atom. The topological polar surface area (TPSA) is 55.5 Å². The zero-order valence-corrected chi connectivity index (χ0v) is 9.35. The monoisotopic (exact) mass is 207 g/mol. The lowest BCUT2D eigenvalue weighted by Gasteiger charge is -2.12. The number of thioether (sulfide) groups is 1. The van der Waals surface area contributed by atoms with Gasteiger partial charge in [-0.05, 0) is 13.3 Å². The largest absolute Gasteiger partial charge is 0.390 e. The number of ether oxygens (including phenoxy) is 1. The molecular formula is C9H21NO2S. The maximum atomic E-state index is 9.38. The van der Waals surface area contributed by atoms with E-state index in [0.717, 1.165) is 12.2 Å². The van der Waals surface area contributed by atoms with Crippen molar-refractivity contribution in [3.8, 4) is 0 Å². The van der Waals surface area contributed by atoms with Gasteiger partial charge in [0.1, 0.15) is 0 Å². The molecule has 80 valence electrons. The van der Waals surface area contributed by atoms with Crippen molar-refractivity contribution in [1.29, 1.82) is 0 Å². The lowest BCUT2D eigenvalue weighted by molar-refractivity contribution is 0.0551. The molecule has 4 heteroatoms. The van der Waals surface area contributed by atoms with Gasteiger partial charge in [-0.25, -0.2) is 0 Å². The van der Waals surface area contributed by atoms with Crippen molar-refractivity contribution in [2.24, 2.45) is 5.73 Å². The highest BCUT2D eigenvalue weighted by Crippen LogP contribution is 2.06. The molecule has 0 saturated carbocycles. The fourth-order valence-electron chi connectivity index (χ4n) is 0.775. The van der Waals surface area contributed by atoms with Crippen LogP contribution in [0.5, 0.6) is 0 Å². The molecule has 3 N–H and O–H groups in total. The van der Waals surface area contributed by atoms with E-state index >= 15 is 0 Å². The molecule has 0 aliphatic rings. The first-order chi connectivity index (χ1) is 6.20. The molecule has 0 amide bonds. The van der Waals surface area contributed by atoms with E-state index in [-0.39, 0.29) is 12.1 Å². The minimum absolute atomic E-state index is 0.254. The van der Waals surface area contributed by atoms with Gasteiger partial charge in [-0.2, -0.15) is 11.8 Å². The van der Waals surface area contributed by atoms with Crippen molar-refractivity contribution in [3.05, 3.63) is 0 Å². The second-order valence-electron chi connectivity index (χ2n) is 3.02. The Bertz CT molecular complexity index is 114. The van der Waals surface area contributed by atoms with Gasteiger partial charge in [-0.15, -0.1) is 0 Å². The zero-order chi connectivity index (χ0) is 10.1. The van der Waals surface area contributed by atoms with E-state index < -0.39 is 0 Å². The van der Waals surface area contributed by atoms with Gasteiger partial charge in [0.15, 0.2) is 0 Å². The van der Waals surface area contributed by atoms with E-state index in [2.05, 4.69) is 6.92 Å². The third-order valence-corrected chi connectivity index (χ3v) is 2.97. The van der Waals surface area contributed by atoms with Gasteiger partial charge in [0.2, 0.25) is 0 Å². The van der Waals surface area contributed by atoms with E-state index in [1.165, 1.54) is 0 Å². The molecule has 2 unspecified atom stereocenters. The summed E-state index contributed by atoms with van der Waals surface area (Å²) in [7, 11) is 0. The highest BCUT2D eigenvalue weighted by Gasteiger charge is 2.05. The molecule has 13 heavy (non-hydrogen) atoms. The fourth-order valence-corrected chi connectivity index (χ4v) is 1.82. The Morgan fingerprint density at radius 3 is 2.62 bits per heavy atom. The zero-order valence-electron chi connectivity index (χ0n) is 8.53. The van der Waals surface area contributed by atoms with Crippen LogP contribution in [0.1, 0.15) is 20.3 Å². The fraction of sp³-hybridized carbons (Fsp3) is 1.00. The van der Waals surface area contributed by atoms with Gasteiger partial charge < -0.3 is 15.6 Å². The summed E-state index contributed by atoms with van der Waals surface area (Å²) >= 11 is 1.69. The van der Waals surface area contributed by atoms with Crippen LogP contribution >= 0.6 is 11.8 Å². The van der Waals surface area contributed by atoms with Gasteiger partial charge in [0, 0.05) is 24.2 Å². The Hall–Kier alpha value is 0.230. The van der Waals surface area contributed by atoms with Gasteiger partial charge >= 0.3 is 0 Å². The molecule has 0 aromatic carbocycles. The quantitative estimate of drug-likeness (QED) is 0.620. The van der Waals surface area contributed by atoms with E-state index in [9.17, 15) is 5.11 Å². The third-order valence-electron chi connectivity index (χ3n) is 1.68. The summed E-state index contributed by atoms with van der Waals surface area (Å²) in [6.45, 7) is 5.09. The van der Waals surface area contributed by atoms with Crippen molar-refractivity contribution in [2.45, 2.75) is 32.4 Å². The average Bonchev–Trinajstić information content (AvgIpc) is 2.14. The normalized spacial score (nSPS) is 15.7. The summed E-state index contributed by atoms with van der Waals surface area (Å²) in [6.07, 6.45) is 0.642. The van der Waals surface area contributed by atoms with Crippen LogP contribution in [0, 0.1) is 0 Å². The van der Waals surface area contributed by atoms with Crippen LogP contribution in [0.2, 0.25) is 0 Å². The Morgan fingerprint density at radius 1 is 1.38 bits per heavy atom. The highest BCUT2D eigenvalue weighted by molar-refractivity contribution is 7.99. The van der Waals surface area contributed by atoms with Crippen LogP contribution in [0.3, 0.4) is 0 Å². The summed E-state index contributed by atoms with van der Waals surface area (Å²) in [4.78, 5) is 0. The molecule has 0 saturated heterocycles. The first kappa shape index (κ1) is 13.2. The number of hydrogen-bond donors (Lipinski definition) is 2. The van der Waals surface area contributed by atoms with E-state index in [0.29, 0.717) is 19.0 Å². The minimum atomic E-state index is -0.353. The molecule has 0 aromatic rings. The van der Waals surface area contributed by atoms with E-state index in [1.54, 1.807) is 11.8 Å². The maximum Gasteiger partial charge on any atom is 0.0863 e. The van der Waals surface area contributed by atoms with Gasteiger partial charge in [-0.3, -0.25) is 0 Å². The molecule has 3 nitrogen and oxygen atoms in total. The maximum absolute atomic E-state index is 9.38. The number of nitrogens with two attached hydrogens (primary N) is 1. The summed E-state index contributed by atoms with van der Waals surface area (Å²) in [5.74, 6) is 1.63. The lowest BCUT2D eigenvalue weighted by atomic mass is 10.3. The number of rotatable bonds is 8. The predicted molar refractivity (Wildman–Crippen MR) is 58.1 cm³/mol. The summed E-state index contributed by atoms with van der Waals surface area (Å²) in [5.41, 5.74) is 5.73. The first-order valence-electron chi connectivity index (χ1n) is 4.79. The van der Waals surface area contributed by atoms with E-state index in [4.69, 9.17) is 10.5 Å². The van der Waals surface area contributed by atoms with E-state index in [1.807, 2.05) is 6.92 Å². The number of aliphatic hydroxyl groups is 1. The van der Waals surface area contributed by atoms with Crippen LogP contribution in [-0.4, -0.2) is 42.0 Å². The highest BCUT2D eigenvalue weighted by atomic mass is 32.2. The van der Waals surface area contributed by atoms with Crippen LogP contribution < -0.4 is 5.73 Å². The Labute approximate surface area is 85.0 Å². The summed E-state index contributed by atoms with van der Waals surface area (Å²) in [6, 6.07) is 0.254. The van der Waals surface area contributed by atoms with Crippen LogP contribution in [0.15, 0.2) is 0 Å². The van der Waals surface area contributed by atoms with Crippen LogP contribution in [0.25, 0.3) is 0 Å². The molecule has 0 spiro atoms. The minimum Gasteiger partial charge on any atom is -0.390 e. The molecule has 0 radical (unpaired) electrons. The van der Waals surface area contributed by atoms with Gasteiger partial charge in [0.25, 0.3) is 0 Å². The summed E-state index contributed by atoms with van der Waals surface area (Å²) in [5, 5.41) is 9.38. The second-order valence-corrected chi connectivity index (χ2v) is 4.09. The van der Waals surface area contributed by atoms with Crippen LogP contribution in [0.4, 0.5) is 0 Å². The molecule has 0 rings (SSSR count). The van der Waals surface area contributed by atoms with Crippen molar-refractivity contribution < 1.29 is 9.84 Å². The average molecular weight is 207 g/mol. The third kappa shape index (κ3) is 8.56. The number of hydrogen-bond acceptors (Lipinski definition) is 4. The second kappa shape index (κ2) is 8.81. The van der Waals surface area contributed by atoms with Crippen LogP contribution in [-0.2, 0) is 4.74 Å². The standard InChI is InChI=1S/C9H21NO2S/c1-3-8(10)6-13-7-9(11)5-12-4-2/h8-9,11H,3-7,10H2,1-2H3. The van der Waals surface area contributed by atoms with Gasteiger partial charge in [0.05, 0.1) is 12.7 Å². The molecule has 0 aliphatic carbocycles. The first-order valence-corrected chi connectivity index (χ1v) is 5.95. The summed E-state index contributed by atoms with van der Waals surface area (Å²) < 4.78 is 5.08. The molecule has 0 bridgehead atoms. The lowest BCUT2D eigenvalue weighted by Crippen LogP contribution is -2.24. The Balaban J connectivity index is 3.21. The SMILES string of the molecule is CCOCC(O)CSCC(N)CC. The molecular weight excluding hydrogens is 186 g/mol. The molecule has 0 fully saturated rings. The molecule has 0 aliphatic heterocycles.